The fourth-order valence-electron chi connectivity index (χ4n) is 10.3. The molecule has 88 heavy (non-hydrogen) atoms. The number of phosphoric ester groups is 2. The Labute approximate surface area is 537 Å². The van der Waals surface area contributed by atoms with E-state index in [4.69, 9.17) is 37.0 Å². The van der Waals surface area contributed by atoms with Gasteiger partial charge in [0.25, 0.3) is 0 Å². The number of phosphoric acid groups is 2. The van der Waals surface area contributed by atoms with Crippen LogP contribution in [0.25, 0.3) is 0 Å². The first-order chi connectivity index (χ1) is 42.1. The van der Waals surface area contributed by atoms with E-state index in [9.17, 15) is 43.2 Å². The molecule has 0 radical (unpaired) electrons. The van der Waals surface area contributed by atoms with Crippen molar-refractivity contribution in [2.75, 3.05) is 39.6 Å². The maximum atomic E-state index is 13.0. The molecule has 0 aromatic carbocycles. The Hall–Kier alpha value is -1.94. The van der Waals surface area contributed by atoms with Gasteiger partial charge in [-0.15, -0.1) is 0 Å². The summed E-state index contributed by atoms with van der Waals surface area (Å²) in [6.45, 7) is 14.0. The maximum Gasteiger partial charge on any atom is 0.472 e. The third kappa shape index (κ3) is 61.6. The van der Waals surface area contributed by atoms with Crippen molar-refractivity contribution in [2.24, 2.45) is 23.7 Å². The molecule has 0 saturated heterocycles. The van der Waals surface area contributed by atoms with Crippen molar-refractivity contribution < 1.29 is 80.2 Å². The van der Waals surface area contributed by atoms with E-state index in [2.05, 4.69) is 55.4 Å². The summed E-state index contributed by atoms with van der Waals surface area (Å²) in [5.74, 6) is 0.820. The van der Waals surface area contributed by atoms with Gasteiger partial charge in [0.15, 0.2) is 12.2 Å². The van der Waals surface area contributed by atoms with Crippen LogP contribution in [0, 0.1) is 23.7 Å². The Morgan fingerprint density at radius 3 is 0.807 bits per heavy atom. The fraction of sp³-hybridized carbons (Fsp3) is 0.942. The zero-order chi connectivity index (χ0) is 65.4. The number of aliphatic hydroxyl groups excluding tert-OH is 1. The van der Waals surface area contributed by atoms with Crippen molar-refractivity contribution in [1.82, 2.24) is 0 Å². The summed E-state index contributed by atoms with van der Waals surface area (Å²) < 4.78 is 68.2. The van der Waals surface area contributed by atoms with Crippen LogP contribution in [0.15, 0.2) is 0 Å². The van der Waals surface area contributed by atoms with Crippen molar-refractivity contribution in [3.63, 3.8) is 0 Å². The molecule has 0 aliphatic carbocycles. The molecule has 0 amide bonds. The van der Waals surface area contributed by atoms with E-state index in [-0.39, 0.29) is 25.7 Å². The molecule has 0 bridgehead atoms. The summed E-state index contributed by atoms with van der Waals surface area (Å²) in [4.78, 5) is 72.4. The van der Waals surface area contributed by atoms with Gasteiger partial charge >= 0.3 is 39.5 Å². The molecule has 0 aromatic heterocycles. The minimum absolute atomic E-state index is 0.102. The zero-order valence-electron chi connectivity index (χ0n) is 57.3. The molecule has 3 unspecified atom stereocenters. The fourth-order valence-corrected chi connectivity index (χ4v) is 11.9. The topological polar surface area (TPSA) is 237 Å². The third-order valence-electron chi connectivity index (χ3n) is 16.2. The molecular weight excluding hydrogens is 1160 g/mol. The van der Waals surface area contributed by atoms with Crippen LogP contribution in [0.3, 0.4) is 0 Å². The highest BCUT2D eigenvalue weighted by atomic mass is 31.2. The molecule has 0 rings (SSSR count). The second kappa shape index (κ2) is 58.8. The van der Waals surface area contributed by atoms with E-state index in [1.165, 1.54) is 135 Å². The largest absolute Gasteiger partial charge is 0.472 e. The number of carbonyl (C=O) groups excluding carboxylic acids is 4. The van der Waals surface area contributed by atoms with Crippen LogP contribution in [0.2, 0.25) is 0 Å². The lowest BCUT2D eigenvalue weighted by Crippen LogP contribution is -2.30. The van der Waals surface area contributed by atoms with Crippen LogP contribution in [-0.2, 0) is 65.4 Å². The van der Waals surface area contributed by atoms with Crippen molar-refractivity contribution >= 4 is 39.5 Å². The summed E-state index contributed by atoms with van der Waals surface area (Å²) in [6.07, 6.45) is 40.5. The Kier molecular flexibility index (Phi) is 57.6. The zero-order valence-corrected chi connectivity index (χ0v) is 59.1. The first-order valence-electron chi connectivity index (χ1n) is 35.7. The quantitative estimate of drug-likeness (QED) is 0.0222. The van der Waals surface area contributed by atoms with Gasteiger partial charge in [-0.25, -0.2) is 9.13 Å². The van der Waals surface area contributed by atoms with Gasteiger partial charge in [-0.3, -0.25) is 37.3 Å². The lowest BCUT2D eigenvalue weighted by molar-refractivity contribution is -0.161. The first kappa shape index (κ1) is 86.1. The molecule has 0 fully saturated rings. The highest BCUT2D eigenvalue weighted by molar-refractivity contribution is 7.47. The summed E-state index contributed by atoms with van der Waals surface area (Å²) in [5, 5.41) is 10.6. The first-order valence-corrected chi connectivity index (χ1v) is 38.7. The number of carbonyl (C=O) groups is 4. The molecule has 0 aliphatic rings. The average molecular weight is 1300 g/mol. The number of hydrogen-bond donors (Lipinski definition) is 3. The van der Waals surface area contributed by atoms with Crippen molar-refractivity contribution in [1.29, 1.82) is 0 Å². The second-order valence-electron chi connectivity index (χ2n) is 26.6. The van der Waals surface area contributed by atoms with E-state index < -0.39 is 97.5 Å². The third-order valence-corrected chi connectivity index (χ3v) is 18.1. The van der Waals surface area contributed by atoms with Crippen molar-refractivity contribution in [3.8, 4) is 0 Å². The molecular formula is C69H134O17P2. The molecule has 0 saturated carbocycles. The minimum atomic E-state index is -4.95. The van der Waals surface area contributed by atoms with Gasteiger partial charge in [0, 0.05) is 25.7 Å². The Morgan fingerprint density at radius 2 is 0.545 bits per heavy atom. The SMILES string of the molecule is CCC(C)CCCCCCCCC(=O)OC[C@H](COP(=O)(O)OC[C@H](O)COP(=O)(O)OC[C@@H](COC(=O)CCCCCCCCCCCCCCCC(C)C)OC(=O)CCCCCCCCCCCC(C)C)OC(=O)CCCCCCCCCC(C)C. The van der Waals surface area contributed by atoms with Crippen molar-refractivity contribution in [3.05, 3.63) is 0 Å². The van der Waals surface area contributed by atoms with Gasteiger partial charge in [-0.2, -0.15) is 0 Å². The van der Waals surface area contributed by atoms with E-state index in [1.807, 2.05) is 0 Å². The number of esters is 4. The Morgan fingerprint density at radius 1 is 0.318 bits per heavy atom. The van der Waals surface area contributed by atoms with Crippen LogP contribution in [0.5, 0.6) is 0 Å². The van der Waals surface area contributed by atoms with Gasteiger partial charge < -0.3 is 33.8 Å². The molecule has 6 atom stereocenters. The van der Waals surface area contributed by atoms with Gasteiger partial charge in [-0.1, -0.05) is 287 Å². The standard InChI is InChI=1S/C69H134O17P2/c1-9-62(8)48-40-32-27-28-34-42-50-67(72)80-56-65(86-69(74)52-44-36-26-20-23-31-39-47-61(6)7)58-84-88(77,78)82-54-63(70)53-81-87(75,76)83-57-64(85-68(73)51-43-35-25-19-15-17-22-30-38-46-60(4)5)55-79-66(71)49-41-33-24-18-14-12-10-11-13-16-21-29-37-45-59(2)3/h59-65,70H,9-58H2,1-8H3,(H,75,76)(H,77,78)/t62?,63-,64-,65-/m1/s1. The highest BCUT2D eigenvalue weighted by Gasteiger charge is 2.30. The van der Waals surface area contributed by atoms with Crippen LogP contribution in [0.4, 0.5) is 0 Å². The number of unbranched alkanes of at least 4 members (excludes halogenated alkanes) is 31. The summed E-state index contributed by atoms with van der Waals surface area (Å²) in [5.41, 5.74) is 0. The number of ether oxygens (including phenoxy) is 4. The van der Waals surface area contributed by atoms with Gasteiger partial charge in [-0.05, 0) is 49.4 Å². The molecule has 0 spiro atoms. The predicted octanol–water partition coefficient (Wildman–Crippen LogP) is 19.3. The number of rotatable bonds is 66. The summed E-state index contributed by atoms with van der Waals surface area (Å²) in [7, 11) is -9.90. The highest BCUT2D eigenvalue weighted by Crippen LogP contribution is 2.45. The van der Waals surface area contributed by atoms with Gasteiger partial charge in [0.2, 0.25) is 0 Å². The maximum absolute atomic E-state index is 13.0. The second-order valence-corrected chi connectivity index (χ2v) is 29.5. The molecule has 522 valence electrons. The summed E-state index contributed by atoms with van der Waals surface area (Å²) >= 11 is 0. The van der Waals surface area contributed by atoms with Crippen LogP contribution in [-0.4, -0.2) is 96.7 Å². The molecule has 19 heteroatoms. The smallest absolute Gasteiger partial charge is 0.462 e. The van der Waals surface area contributed by atoms with Crippen molar-refractivity contribution in [2.45, 2.75) is 356 Å². The van der Waals surface area contributed by atoms with E-state index >= 15 is 0 Å². The molecule has 3 N–H and O–H groups in total. The lowest BCUT2D eigenvalue weighted by Gasteiger charge is -2.21. The van der Waals surface area contributed by atoms with Crippen LogP contribution >= 0.6 is 15.6 Å². The number of aliphatic hydroxyl groups is 1. The average Bonchev–Trinajstić information content (AvgIpc) is 3.54. The minimum Gasteiger partial charge on any atom is -0.462 e. The molecule has 0 aromatic rings. The van der Waals surface area contributed by atoms with E-state index in [0.717, 1.165) is 114 Å². The molecule has 0 heterocycles. The monoisotopic (exact) mass is 1300 g/mol. The lowest BCUT2D eigenvalue weighted by atomic mass is 10.00. The Balaban J connectivity index is 5.23. The number of hydrogen-bond acceptors (Lipinski definition) is 15. The van der Waals surface area contributed by atoms with E-state index in [0.29, 0.717) is 31.6 Å². The van der Waals surface area contributed by atoms with E-state index in [1.54, 1.807) is 0 Å². The predicted molar refractivity (Wildman–Crippen MR) is 354 cm³/mol. The van der Waals surface area contributed by atoms with Gasteiger partial charge in [0.1, 0.15) is 19.3 Å². The van der Waals surface area contributed by atoms with Gasteiger partial charge in [0.05, 0.1) is 26.4 Å². The summed E-state index contributed by atoms with van der Waals surface area (Å²) in [6, 6.07) is 0. The molecule has 17 nitrogen and oxygen atoms in total. The normalized spacial score (nSPS) is 14.6. The van der Waals surface area contributed by atoms with Crippen LogP contribution in [0.1, 0.15) is 338 Å². The molecule has 0 aliphatic heterocycles. The Bertz CT molecular complexity index is 1750. The van der Waals surface area contributed by atoms with Crippen LogP contribution < -0.4 is 0 Å².